The average molecular weight is 576 g/mol. The molecule has 2 aromatic carbocycles. The molecule has 1 aliphatic rings. The molecular formula is C31H41N7O2S. The van der Waals surface area contributed by atoms with Gasteiger partial charge in [0.05, 0.1) is 22.2 Å². The van der Waals surface area contributed by atoms with E-state index < -0.39 is 14.8 Å². The Balaban J connectivity index is 1.30. The lowest BCUT2D eigenvalue weighted by molar-refractivity contribution is 0.186. The second-order valence-corrected chi connectivity index (χ2v) is 14.0. The number of hydrogen-bond acceptors (Lipinski definition) is 7. The Bertz CT molecular complexity index is 1580. The van der Waals surface area contributed by atoms with Gasteiger partial charge in [0.2, 0.25) is 16.0 Å². The summed E-state index contributed by atoms with van der Waals surface area (Å²) in [6.07, 6.45) is 4.17. The highest BCUT2D eigenvalue weighted by atomic mass is 32.2. The highest BCUT2D eigenvalue weighted by molar-refractivity contribution is 7.94. The summed E-state index contributed by atoms with van der Waals surface area (Å²) in [5.74, 6) is 0.479. The smallest absolute Gasteiger partial charge is 0.245 e. The third-order valence-electron chi connectivity index (χ3n) is 7.90. The van der Waals surface area contributed by atoms with Crippen LogP contribution < -0.4 is 14.9 Å². The van der Waals surface area contributed by atoms with Gasteiger partial charge in [-0.25, -0.2) is 17.9 Å². The Labute approximate surface area is 243 Å². The number of sulfonamides is 1. The van der Waals surface area contributed by atoms with Crippen LogP contribution in [0.3, 0.4) is 0 Å². The minimum atomic E-state index is -3.54. The van der Waals surface area contributed by atoms with E-state index >= 15 is 0 Å². The SMILES string of the molecule is CCN(CC)C1CCN(c2ccc(Nc3ncc4ccc(-c5cccc(NS(=O)(=O)C(C)(C)C)c5)n4n3)cc2)CC1. The van der Waals surface area contributed by atoms with E-state index in [-0.39, 0.29) is 0 Å². The molecule has 218 valence electrons. The van der Waals surface area contributed by atoms with E-state index in [2.05, 4.69) is 62.9 Å². The fourth-order valence-corrected chi connectivity index (χ4v) is 6.09. The summed E-state index contributed by atoms with van der Waals surface area (Å²) < 4.78 is 29.0. The molecule has 2 N–H and O–H groups in total. The maximum Gasteiger partial charge on any atom is 0.245 e. The molecule has 0 bridgehead atoms. The summed E-state index contributed by atoms with van der Waals surface area (Å²) in [4.78, 5) is 9.54. The number of fused-ring (bicyclic) bond motifs is 1. The molecule has 1 aliphatic heterocycles. The molecule has 9 nitrogen and oxygen atoms in total. The summed E-state index contributed by atoms with van der Waals surface area (Å²) >= 11 is 0. The van der Waals surface area contributed by atoms with Gasteiger partial charge in [0.25, 0.3) is 0 Å². The second kappa shape index (κ2) is 11.7. The number of aromatic nitrogens is 3. The Morgan fingerprint density at radius 1 is 0.951 bits per heavy atom. The lowest BCUT2D eigenvalue weighted by atomic mass is 10.0. The molecule has 3 heterocycles. The van der Waals surface area contributed by atoms with Crippen molar-refractivity contribution in [3.63, 3.8) is 0 Å². The second-order valence-electron chi connectivity index (χ2n) is 11.5. The fraction of sp³-hybridized carbons (Fsp3) is 0.419. The van der Waals surface area contributed by atoms with Crippen LogP contribution in [0.5, 0.6) is 0 Å². The van der Waals surface area contributed by atoms with E-state index in [1.54, 1.807) is 33.0 Å². The number of rotatable bonds is 9. The van der Waals surface area contributed by atoms with Gasteiger partial charge in [0.1, 0.15) is 0 Å². The van der Waals surface area contributed by atoms with Crippen molar-refractivity contribution in [3.8, 4) is 11.3 Å². The van der Waals surface area contributed by atoms with Crippen molar-refractivity contribution in [1.29, 1.82) is 0 Å². The van der Waals surface area contributed by atoms with E-state index in [0.717, 1.165) is 48.6 Å². The molecule has 5 rings (SSSR count). The quantitative estimate of drug-likeness (QED) is 0.253. The lowest BCUT2D eigenvalue weighted by Gasteiger charge is -2.38. The van der Waals surface area contributed by atoms with Crippen molar-refractivity contribution >= 4 is 38.6 Å². The number of piperidine rings is 1. The molecule has 2 aromatic heterocycles. The highest BCUT2D eigenvalue weighted by Gasteiger charge is 2.29. The lowest BCUT2D eigenvalue weighted by Crippen LogP contribution is -2.44. The predicted molar refractivity (Wildman–Crippen MR) is 169 cm³/mol. The molecule has 0 radical (unpaired) electrons. The Hall–Kier alpha value is -3.63. The molecule has 0 saturated carbocycles. The number of anilines is 4. The van der Waals surface area contributed by atoms with E-state index in [9.17, 15) is 8.42 Å². The number of nitrogens with one attached hydrogen (secondary N) is 2. The standard InChI is InChI=1S/C31H41N7O2S/c1-6-36(7-2)27-17-19-37(20-18-27)26-13-11-24(12-14-26)33-30-32-22-28-15-16-29(38(28)34-30)23-9-8-10-25(21-23)35-41(39,40)31(3,4)5/h8-16,21-22,27,35H,6-7,17-20H2,1-5H3,(H,33,34). The van der Waals surface area contributed by atoms with Crippen LogP contribution in [0.25, 0.3) is 16.8 Å². The molecule has 0 amide bonds. The molecule has 1 saturated heterocycles. The van der Waals surface area contributed by atoms with Gasteiger partial charge >= 0.3 is 0 Å². The zero-order valence-electron chi connectivity index (χ0n) is 24.6. The van der Waals surface area contributed by atoms with Crippen molar-refractivity contribution < 1.29 is 8.42 Å². The van der Waals surface area contributed by atoms with E-state index in [4.69, 9.17) is 5.10 Å². The van der Waals surface area contributed by atoms with Crippen molar-refractivity contribution in [3.05, 3.63) is 66.9 Å². The number of nitrogens with zero attached hydrogens (tertiary/aromatic N) is 5. The Morgan fingerprint density at radius 3 is 2.32 bits per heavy atom. The zero-order chi connectivity index (χ0) is 29.2. The van der Waals surface area contributed by atoms with E-state index in [1.807, 2.05) is 34.8 Å². The first-order valence-corrected chi connectivity index (χ1v) is 15.9. The van der Waals surface area contributed by atoms with Crippen LogP contribution in [0.1, 0.15) is 47.5 Å². The van der Waals surface area contributed by atoms with Crippen LogP contribution in [0.2, 0.25) is 0 Å². The third kappa shape index (κ3) is 6.33. The Kier molecular flexibility index (Phi) is 8.24. The normalized spacial score (nSPS) is 15.0. The van der Waals surface area contributed by atoms with Crippen LogP contribution >= 0.6 is 0 Å². The van der Waals surface area contributed by atoms with Crippen molar-refractivity contribution in [2.45, 2.75) is 58.2 Å². The molecule has 41 heavy (non-hydrogen) atoms. The van der Waals surface area contributed by atoms with Gasteiger partial charge in [0.15, 0.2) is 0 Å². The first-order chi connectivity index (χ1) is 19.6. The molecule has 1 fully saturated rings. The summed E-state index contributed by atoms with van der Waals surface area (Å²) in [6, 6.07) is 20.4. The van der Waals surface area contributed by atoms with Crippen LogP contribution in [-0.2, 0) is 10.0 Å². The summed E-state index contributed by atoms with van der Waals surface area (Å²) in [7, 11) is -3.54. The van der Waals surface area contributed by atoms with Gasteiger partial charge in [-0.1, -0.05) is 26.0 Å². The summed E-state index contributed by atoms with van der Waals surface area (Å²) in [5, 5.41) is 8.08. The van der Waals surface area contributed by atoms with Crippen molar-refractivity contribution in [1.82, 2.24) is 19.5 Å². The Morgan fingerprint density at radius 2 is 1.66 bits per heavy atom. The molecular weight excluding hydrogens is 534 g/mol. The van der Waals surface area contributed by atoms with Crippen LogP contribution in [-0.4, -0.2) is 64.9 Å². The third-order valence-corrected chi connectivity index (χ3v) is 10.0. The van der Waals surface area contributed by atoms with Gasteiger partial charge in [-0.3, -0.25) is 4.72 Å². The molecule has 0 atom stereocenters. The maximum atomic E-state index is 12.7. The number of hydrogen-bond donors (Lipinski definition) is 2. The maximum absolute atomic E-state index is 12.7. The molecule has 0 aliphatic carbocycles. The molecule has 0 spiro atoms. The van der Waals surface area contributed by atoms with Gasteiger partial charge < -0.3 is 15.1 Å². The first-order valence-electron chi connectivity index (χ1n) is 14.4. The van der Waals surface area contributed by atoms with Gasteiger partial charge in [-0.2, -0.15) is 0 Å². The van der Waals surface area contributed by atoms with Crippen molar-refractivity contribution in [2.75, 3.05) is 41.1 Å². The minimum absolute atomic E-state index is 0.479. The van der Waals surface area contributed by atoms with Crippen LogP contribution in [0.15, 0.2) is 66.9 Å². The van der Waals surface area contributed by atoms with Gasteiger partial charge in [0, 0.05) is 41.8 Å². The largest absolute Gasteiger partial charge is 0.371 e. The highest BCUT2D eigenvalue weighted by Crippen LogP contribution is 2.28. The topological polar surface area (TPSA) is 94.9 Å². The fourth-order valence-electron chi connectivity index (χ4n) is 5.34. The van der Waals surface area contributed by atoms with Crippen LogP contribution in [0.4, 0.5) is 23.0 Å². The number of benzene rings is 2. The summed E-state index contributed by atoms with van der Waals surface area (Å²) in [6.45, 7) is 13.9. The zero-order valence-corrected chi connectivity index (χ0v) is 25.4. The summed E-state index contributed by atoms with van der Waals surface area (Å²) in [5.41, 5.74) is 5.19. The van der Waals surface area contributed by atoms with E-state index in [1.165, 1.54) is 18.5 Å². The average Bonchev–Trinajstić information content (AvgIpc) is 3.37. The van der Waals surface area contributed by atoms with Gasteiger partial charge in [-0.05, 0) is 95.2 Å². The van der Waals surface area contributed by atoms with E-state index in [0.29, 0.717) is 17.7 Å². The molecule has 4 aromatic rings. The molecule has 10 heteroatoms. The van der Waals surface area contributed by atoms with Crippen LogP contribution in [0, 0.1) is 0 Å². The first kappa shape index (κ1) is 28.9. The predicted octanol–water partition coefficient (Wildman–Crippen LogP) is 5.99. The van der Waals surface area contributed by atoms with Gasteiger partial charge in [-0.15, -0.1) is 5.10 Å². The minimum Gasteiger partial charge on any atom is -0.371 e. The van der Waals surface area contributed by atoms with Crippen molar-refractivity contribution in [2.24, 2.45) is 0 Å². The monoisotopic (exact) mass is 575 g/mol. The molecule has 0 unspecified atom stereocenters.